The lowest BCUT2D eigenvalue weighted by atomic mass is 10.1. The predicted octanol–water partition coefficient (Wildman–Crippen LogP) is 2.29. The highest BCUT2D eigenvalue weighted by atomic mass is 16.5. The third-order valence-corrected chi connectivity index (χ3v) is 3.49. The average molecular weight is 197 g/mol. The van der Waals surface area contributed by atoms with Crippen molar-refractivity contribution in [1.82, 2.24) is 4.90 Å². The van der Waals surface area contributed by atoms with Gasteiger partial charge in [-0.3, -0.25) is 4.90 Å². The number of ether oxygens (including phenoxy) is 1. The van der Waals surface area contributed by atoms with Crippen molar-refractivity contribution in [3.63, 3.8) is 0 Å². The molecule has 1 atom stereocenters. The first kappa shape index (κ1) is 10.4. The van der Waals surface area contributed by atoms with Crippen LogP contribution in [-0.4, -0.2) is 36.7 Å². The smallest absolute Gasteiger partial charge is 0.0702 e. The molecular weight excluding hydrogens is 174 g/mol. The number of hydrogen-bond acceptors (Lipinski definition) is 2. The molecule has 2 rings (SSSR count). The summed E-state index contributed by atoms with van der Waals surface area (Å²) in [6.07, 6.45) is 6.15. The molecule has 0 aromatic carbocycles. The standard InChI is InChI=1S/C12H23NO/c1-10(2)13-7-8-14-12(9-13)6-5-11-3-4-11/h10-12H,3-9H2,1-2H3. The van der Waals surface area contributed by atoms with Crippen LogP contribution in [0.15, 0.2) is 0 Å². The molecule has 1 aliphatic carbocycles. The largest absolute Gasteiger partial charge is 0.376 e. The molecule has 0 N–H and O–H groups in total. The lowest BCUT2D eigenvalue weighted by Gasteiger charge is -2.35. The summed E-state index contributed by atoms with van der Waals surface area (Å²) < 4.78 is 5.79. The van der Waals surface area contributed by atoms with Gasteiger partial charge in [0, 0.05) is 19.1 Å². The van der Waals surface area contributed by atoms with Crippen LogP contribution in [0.25, 0.3) is 0 Å². The number of morpholine rings is 1. The molecule has 1 saturated heterocycles. The van der Waals surface area contributed by atoms with E-state index < -0.39 is 0 Å². The summed E-state index contributed by atoms with van der Waals surface area (Å²) in [6.45, 7) is 7.78. The van der Waals surface area contributed by atoms with Crippen LogP contribution in [0.2, 0.25) is 0 Å². The van der Waals surface area contributed by atoms with Crippen LogP contribution < -0.4 is 0 Å². The van der Waals surface area contributed by atoms with Gasteiger partial charge in [0.2, 0.25) is 0 Å². The summed E-state index contributed by atoms with van der Waals surface area (Å²) in [7, 11) is 0. The van der Waals surface area contributed by atoms with E-state index in [1.165, 1.54) is 25.7 Å². The van der Waals surface area contributed by atoms with Crippen LogP contribution >= 0.6 is 0 Å². The normalized spacial score (nSPS) is 29.8. The van der Waals surface area contributed by atoms with Crippen molar-refractivity contribution in [2.75, 3.05) is 19.7 Å². The summed E-state index contributed by atoms with van der Waals surface area (Å²) >= 11 is 0. The minimum Gasteiger partial charge on any atom is -0.376 e. The second kappa shape index (κ2) is 4.63. The van der Waals surface area contributed by atoms with Crippen LogP contribution in [-0.2, 0) is 4.74 Å². The quantitative estimate of drug-likeness (QED) is 0.685. The maximum absolute atomic E-state index is 5.79. The first-order valence-corrected chi connectivity index (χ1v) is 6.11. The minimum absolute atomic E-state index is 0.520. The number of nitrogens with zero attached hydrogens (tertiary/aromatic N) is 1. The van der Waals surface area contributed by atoms with E-state index in [0.717, 1.165) is 25.6 Å². The maximum atomic E-state index is 5.79. The van der Waals surface area contributed by atoms with Crippen LogP contribution in [0.4, 0.5) is 0 Å². The molecule has 0 radical (unpaired) electrons. The molecule has 0 aromatic heterocycles. The Balaban J connectivity index is 1.69. The Labute approximate surface area is 87.6 Å². The molecule has 0 spiro atoms. The van der Waals surface area contributed by atoms with Crippen molar-refractivity contribution in [3.05, 3.63) is 0 Å². The molecule has 0 aromatic rings. The van der Waals surface area contributed by atoms with Gasteiger partial charge in [0.1, 0.15) is 0 Å². The third kappa shape index (κ3) is 2.96. The van der Waals surface area contributed by atoms with E-state index in [-0.39, 0.29) is 0 Å². The highest BCUT2D eigenvalue weighted by Crippen LogP contribution is 2.34. The SMILES string of the molecule is CC(C)N1CCOC(CCC2CC2)C1. The van der Waals surface area contributed by atoms with E-state index in [4.69, 9.17) is 4.74 Å². The van der Waals surface area contributed by atoms with Gasteiger partial charge in [-0.2, -0.15) is 0 Å². The van der Waals surface area contributed by atoms with Crippen LogP contribution in [0, 0.1) is 5.92 Å². The van der Waals surface area contributed by atoms with Gasteiger partial charge in [-0.15, -0.1) is 0 Å². The molecule has 1 heterocycles. The van der Waals surface area contributed by atoms with Crippen molar-refractivity contribution in [2.45, 2.75) is 51.7 Å². The van der Waals surface area contributed by atoms with E-state index in [1.54, 1.807) is 0 Å². The Kier molecular flexibility index (Phi) is 3.45. The van der Waals surface area contributed by atoms with Crippen LogP contribution in [0.5, 0.6) is 0 Å². The van der Waals surface area contributed by atoms with Gasteiger partial charge in [0.15, 0.2) is 0 Å². The average Bonchev–Trinajstić information content (AvgIpc) is 2.99. The zero-order valence-electron chi connectivity index (χ0n) is 9.54. The van der Waals surface area contributed by atoms with Gasteiger partial charge >= 0.3 is 0 Å². The highest BCUT2D eigenvalue weighted by molar-refractivity contribution is 4.78. The molecule has 2 aliphatic rings. The lowest BCUT2D eigenvalue weighted by Crippen LogP contribution is -2.45. The van der Waals surface area contributed by atoms with Crippen LogP contribution in [0.3, 0.4) is 0 Å². The van der Waals surface area contributed by atoms with E-state index in [1.807, 2.05) is 0 Å². The van der Waals surface area contributed by atoms with E-state index in [2.05, 4.69) is 18.7 Å². The topological polar surface area (TPSA) is 12.5 Å². The zero-order valence-corrected chi connectivity index (χ0v) is 9.54. The Bertz CT molecular complexity index is 177. The Morgan fingerprint density at radius 3 is 2.71 bits per heavy atom. The first-order valence-electron chi connectivity index (χ1n) is 6.11. The van der Waals surface area contributed by atoms with E-state index in [9.17, 15) is 0 Å². The molecule has 0 amide bonds. The van der Waals surface area contributed by atoms with E-state index >= 15 is 0 Å². The second-order valence-electron chi connectivity index (χ2n) is 5.10. The molecule has 2 heteroatoms. The zero-order chi connectivity index (χ0) is 9.97. The monoisotopic (exact) mass is 197 g/mol. The molecule has 1 unspecified atom stereocenters. The van der Waals surface area contributed by atoms with Crippen LogP contribution in [0.1, 0.15) is 39.5 Å². The Morgan fingerprint density at radius 1 is 1.29 bits per heavy atom. The van der Waals surface area contributed by atoms with Crippen molar-refractivity contribution in [1.29, 1.82) is 0 Å². The van der Waals surface area contributed by atoms with Gasteiger partial charge in [-0.25, -0.2) is 0 Å². The summed E-state index contributed by atoms with van der Waals surface area (Å²) in [5, 5.41) is 0. The van der Waals surface area contributed by atoms with Gasteiger partial charge in [-0.1, -0.05) is 12.8 Å². The predicted molar refractivity (Wildman–Crippen MR) is 58.4 cm³/mol. The minimum atomic E-state index is 0.520. The fourth-order valence-electron chi connectivity index (χ4n) is 2.21. The molecule has 2 nitrogen and oxygen atoms in total. The summed E-state index contributed by atoms with van der Waals surface area (Å²) in [4.78, 5) is 2.54. The van der Waals surface area contributed by atoms with Crippen molar-refractivity contribution in [2.24, 2.45) is 5.92 Å². The number of rotatable bonds is 4. The molecule has 82 valence electrons. The van der Waals surface area contributed by atoms with Gasteiger partial charge in [0.05, 0.1) is 12.7 Å². The van der Waals surface area contributed by atoms with Gasteiger partial charge in [-0.05, 0) is 32.6 Å². The molecule has 1 aliphatic heterocycles. The summed E-state index contributed by atoms with van der Waals surface area (Å²) in [5.74, 6) is 1.05. The fraction of sp³-hybridized carbons (Fsp3) is 1.00. The molecular formula is C12H23NO. The maximum Gasteiger partial charge on any atom is 0.0702 e. The van der Waals surface area contributed by atoms with E-state index in [0.29, 0.717) is 12.1 Å². The lowest BCUT2D eigenvalue weighted by molar-refractivity contribution is -0.0430. The molecule has 1 saturated carbocycles. The summed E-state index contributed by atoms with van der Waals surface area (Å²) in [5.41, 5.74) is 0. The highest BCUT2D eigenvalue weighted by Gasteiger charge is 2.26. The Hall–Kier alpha value is -0.0800. The van der Waals surface area contributed by atoms with Crippen molar-refractivity contribution < 1.29 is 4.74 Å². The second-order valence-corrected chi connectivity index (χ2v) is 5.10. The van der Waals surface area contributed by atoms with Gasteiger partial charge in [0.25, 0.3) is 0 Å². The first-order chi connectivity index (χ1) is 6.75. The van der Waals surface area contributed by atoms with Gasteiger partial charge < -0.3 is 4.74 Å². The third-order valence-electron chi connectivity index (χ3n) is 3.49. The van der Waals surface area contributed by atoms with Crippen molar-refractivity contribution >= 4 is 0 Å². The number of hydrogen-bond donors (Lipinski definition) is 0. The Morgan fingerprint density at radius 2 is 2.07 bits per heavy atom. The molecule has 14 heavy (non-hydrogen) atoms. The molecule has 0 bridgehead atoms. The fourth-order valence-corrected chi connectivity index (χ4v) is 2.21. The van der Waals surface area contributed by atoms with Crippen molar-refractivity contribution in [3.8, 4) is 0 Å². The summed E-state index contributed by atoms with van der Waals surface area (Å²) in [6, 6.07) is 0.683. The molecule has 2 fully saturated rings.